The third-order valence-corrected chi connectivity index (χ3v) is 10.1. The summed E-state index contributed by atoms with van der Waals surface area (Å²) in [6, 6.07) is 10.1. The average Bonchev–Trinajstić information content (AvgIpc) is 3.39. The largest absolute Gasteiger partial charge is 0.481 e. The molecule has 11 nitrogen and oxygen atoms in total. The van der Waals surface area contributed by atoms with Crippen molar-refractivity contribution in [2.24, 2.45) is 0 Å². The number of aliphatic carboxylic acids is 1. The number of hydrogen-bond acceptors (Lipinski definition) is 8. The molecule has 6 rings (SSSR count). The molecule has 0 aliphatic carbocycles. The molecule has 2 aliphatic heterocycles. The van der Waals surface area contributed by atoms with Crippen LogP contribution < -0.4 is 4.90 Å². The molecule has 1 fully saturated rings. The van der Waals surface area contributed by atoms with Crippen LogP contribution in [0.5, 0.6) is 0 Å². The Morgan fingerprint density at radius 1 is 1.19 bits per heavy atom. The number of carbonyl (C=O) groups is 1. The Kier molecular flexibility index (Phi) is 7.60. The molecule has 3 aromatic heterocycles. The van der Waals surface area contributed by atoms with Crippen LogP contribution in [0.2, 0.25) is 0 Å². The van der Waals surface area contributed by atoms with Crippen LogP contribution >= 0.6 is 0 Å². The zero-order chi connectivity index (χ0) is 30.5. The summed E-state index contributed by atoms with van der Waals surface area (Å²) in [5.41, 5.74) is 3.57. The Labute approximate surface area is 246 Å². The normalized spacial score (nSPS) is 19.2. The predicted octanol–water partition coefficient (Wildman–Crippen LogP) is 3.70. The van der Waals surface area contributed by atoms with E-state index in [2.05, 4.69) is 15.2 Å². The van der Waals surface area contributed by atoms with Gasteiger partial charge in [0.05, 0.1) is 25.7 Å². The van der Waals surface area contributed by atoms with E-state index in [0.717, 1.165) is 5.56 Å². The van der Waals surface area contributed by atoms with Crippen LogP contribution in [-0.2, 0) is 26.1 Å². The third kappa shape index (κ3) is 5.23. The fourth-order valence-electron chi connectivity index (χ4n) is 6.00. The highest BCUT2D eigenvalue weighted by atomic mass is 32.2. The lowest BCUT2D eigenvalue weighted by atomic mass is 9.85. The van der Waals surface area contributed by atoms with E-state index in [1.807, 2.05) is 30.0 Å². The zero-order valence-corrected chi connectivity index (χ0v) is 24.3. The maximum absolute atomic E-state index is 14.0. The molecule has 2 aliphatic rings. The van der Waals surface area contributed by atoms with Crippen molar-refractivity contribution in [3.05, 3.63) is 82.4 Å². The Balaban J connectivity index is 1.40. The molecule has 2 atom stereocenters. The van der Waals surface area contributed by atoms with E-state index in [0.29, 0.717) is 47.8 Å². The number of anilines is 1. The number of nitrogens with zero attached hydrogens (tertiary/aromatic N) is 6. The summed E-state index contributed by atoms with van der Waals surface area (Å²) in [5.74, 6) is -1.77. The number of carboxylic acid groups (broad SMARTS) is 1. The highest BCUT2D eigenvalue weighted by Gasteiger charge is 2.39. The smallest absolute Gasteiger partial charge is 0.304 e. The van der Waals surface area contributed by atoms with E-state index >= 15 is 0 Å². The van der Waals surface area contributed by atoms with E-state index < -0.39 is 34.2 Å². The second kappa shape index (κ2) is 11.2. The van der Waals surface area contributed by atoms with Gasteiger partial charge in [-0.2, -0.15) is 4.31 Å². The molecule has 0 radical (unpaired) electrons. The van der Waals surface area contributed by atoms with Gasteiger partial charge in [0.2, 0.25) is 15.8 Å². The fraction of sp³-hybridized carbons (Fsp3) is 0.379. The van der Waals surface area contributed by atoms with Gasteiger partial charge < -0.3 is 14.7 Å². The van der Waals surface area contributed by atoms with Gasteiger partial charge in [0, 0.05) is 37.9 Å². The molecule has 0 amide bonds. The Hall–Kier alpha value is -4.01. The van der Waals surface area contributed by atoms with Crippen molar-refractivity contribution in [3.63, 3.8) is 0 Å². The molecule has 1 N–H and O–H groups in total. The second-order valence-electron chi connectivity index (χ2n) is 10.8. The van der Waals surface area contributed by atoms with Gasteiger partial charge in [-0.1, -0.05) is 18.2 Å². The number of halogens is 2. The minimum Gasteiger partial charge on any atom is -0.481 e. The summed E-state index contributed by atoms with van der Waals surface area (Å²) in [4.78, 5) is 18.6. The first-order chi connectivity index (χ1) is 20.6. The van der Waals surface area contributed by atoms with Gasteiger partial charge in [-0.25, -0.2) is 22.2 Å². The number of aromatic nitrogens is 4. The van der Waals surface area contributed by atoms with Crippen molar-refractivity contribution < 1.29 is 31.8 Å². The average molecular weight is 613 g/mol. The first-order valence-electron chi connectivity index (χ1n) is 13.8. The third-order valence-electron chi connectivity index (χ3n) is 8.25. The maximum atomic E-state index is 14.0. The highest BCUT2D eigenvalue weighted by molar-refractivity contribution is 7.89. The van der Waals surface area contributed by atoms with Crippen molar-refractivity contribution >= 4 is 27.5 Å². The molecule has 1 aromatic carbocycles. The lowest BCUT2D eigenvalue weighted by Crippen LogP contribution is -2.50. The summed E-state index contributed by atoms with van der Waals surface area (Å²) in [5, 5.41) is 17.4. The SMILES string of the molecule is Cc1ccc([C@H](CC(=O)O)c2ccn3c(C(F)F)nnc3c2C)cc1CN1C[C@H]2COCCN2c2ncccc2S1(=O)=O. The van der Waals surface area contributed by atoms with Gasteiger partial charge in [0.15, 0.2) is 5.65 Å². The Bertz CT molecular complexity index is 1810. The molecular formula is C29H30F2N6O5S. The van der Waals surface area contributed by atoms with Gasteiger partial charge in [-0.15, -0.1) is 10.2 Å². The number of benzene rings is 1. The van der Waals surface area contributed by atoms with Gasteiger partial charge in [0.1, 0.15) is 10.7 Å². The zero-order valence-electron chi connectivity index (χ0n) is 23.5. The van der Waals surface area contributed by atoms with Crippen molar-refractivity contribution in [3.8, 4) is 0 Å². The van der Waals surface area contributed by atoms with E-state index in [1.54, 1.807) is 31.3 Å². The van der Waals surface area contributed by atoms with Crippen molar-refractivity contribution in [2.75, 3.05) is 31.2 Å². The van der Waals surface area contributed by atoms with E-state index in [-0.39, 0.29) is 36.1 Å². The van der Waals surface area contributed by atoms with Crippen LogP contribution in [0.15, 0.2) is 53.7 Å². The van der Waals surface area contributed by atoms with Crippen LogP contribution in [0, 0.1) is 13.8 Å². The standard InChI is InChI=1S/C29H30F2N6O5S/c1-17-5-6-19(23(13-25(38)39)22-7-9-37-27(18(22)2)33-34-29(37)26(30)31)12-20(17)14-35-15-21-16-42-11-10-36(21)28-24(43(35,40)41)4-3-8-32-28/h3-9,12,21,23,26H,10-11,13-16H2,1-2H3,(H,38,39)/t21-,23-/m0/s1. The molecule has 0 spiro atoms. The van der Waals surface area contributed by atoms with Crippen molar-refractivity contribution in [2.45, 2.75) is 50.1 Å². The highest BCUT2D eigenvalue weighted by Crippen LogP contribution is 2.36. The van der Waals surface area contributed by atoms with E-state index in [4.69, 9.17) is 4.74 Å². The quantitative estimate of drug-likeness (QED) is 0.332. The van der Waals surface area contributed by atoms with Gasteiger partial charge >= 0.3 is 5.97 Å². The van der Waals surface area contributed by atoms with Gasteiger partial charge in [-0.05, 0) is 59.9 Å². The number of morpholine rings is 1. The van der Waals surface area contributed by atoms with Crippen molar-refractivity contribution in [1.29, 1.82) is 0 Å². The van der Waals surface area contributed by atoms with E-state index in [9.17, 15) is 27.1 Å². The molecule has 14 heteroatoms. The predicted molar refractivity (Wildman–Crippen MR) is 152 cm³/mol. The van der Waals surface area contributed by atoms with Gasteiger partial charge in [-0.3, -0.25) is 9.20 Å². The summed E-state index contributed by atoms with van der Waals surface area (Å²) < 4.78 is 63.1. The molecule has 1 saturated heterocycles. The minimum atomic E-state index is -3.93. The van der Waals surface area contributed by atoms with Crippen LogP contribution in [0.1, 0.15) is 52.4 Å². The molecule has 0 bridgehead atoms. The number of aryl methyl sites for hydroxylation is 2. The summed E-state index contributed by atoms with van der Waals surface area (Å²) >= 11 is 0. The molecule has 4 aromatic rings. The number of alkyl halides is 2. The van der Waals surface area contributed by atoms with Crippen LogP contribution in [0.3, 0.4) is 0 Å². The molecule has 43 heavy (non-hydrogen) atoms. The Morgan fingerprint density at radius 2 is 2.00 bits per heavy atom. The first kappa shape index (κ1) is 29.1. The number of sulfonamides is 1. The van der Waals surface area contributed by atoms with Crippen molar-refractivity contribution in [1.82, 2.24) is 23.9 Å². The summed E-state index contributed by atoms with van der Waals surface area (Å²) in [6.07, 6.45) is -0.0823. The number of pyridine rings is 2. The summed E-state index contributed by atoms with van der Waals surface area (Å²) in [7, 11) is -3.93. The molecule has 0 unspecified atom stereocenters. The number of hydrogen-bond donors (Lipinski definition) is 1. The summed E-state index contributed by atoms with van der Waals surface area (Å²) in [6.45, 7) is 5.18. The molecule has 0 saturated carbocycles. The number of fused-ring (bicyclic) bond motifs is 4. The lowest BCUT2D eigenvalue weighted by Gasteiger charge is -2.36. The number of ether oxygens (including phenoxy) is 1. The van der Waals surface area contributed by atoms with Gasteiger partial charge in [0.25, 0.3) is 6.43 Å². The van der Waals surface area contributed by atoms with E-state index in [1.165, 1.54) is 14.9 Å². The maximum Gasteiger partial charge on any atom is 0.304 e. The first-order valence-corrected chi connectivity index (χ1v) is 15.2. The molecule has 226 valence electrons. The minimum absolute atomic E-state index is 0.0560. The van der Waals surface area contributed by atoms with Crippen LogP contribution in [0.4, 0.5) is 14.6 Å². The fourth-order valence-corrected chi connectivity index (χ4v) is 7.60. The van der Waals surface area contributed by atoms with Crippen LogP contribution in [0.25, 0.3) is 5.65 Å². The molecule has 5 heterocycles. The Morgan fingerprint density at radius 3 is 2.77 bits per heavy atom. The monoisotopic (exact) mass is 612 g/mol. The van der Waals surface area contributed by atoms with Crippen LogP contribution in [-0.4, -0.2) is 75.7 Å². The molecular weight excluding hydrogens is 582 g/mol. The number of carboxylic acids is 1. The lowest BCUT2D eigenvalue weighted by molar-refractivity contribution is -0.137. The number of rotatable bonds is 7. The second-order valence-corrected chi connectivity index (χ2v) is 12.7. The topological polar surface area (TPSA) is 130 Å².